The van der Waals surface area contributed by atoms with E-state index < -0.39 is 5.82 Å². The average Bonchev–Trinajstić information content (AvgIpc) is 3.40. The number of carbonyl (C=O) groups excluding carboxylic acids is 1. The van der Waals surface area contributed by atoms with Crippen LogP contribution in [0.15, 0.2) is 48.5 Å². The van der Waals surface area contributed by atoms with Crippen molar-refractivity contribution in [3.8, 4) is 17.1 Å². The summed E-state index contributed by atoms with van der Waals surface area (Å²) in [6, 6.07) is 13.8. The number of halogens is 1. The van der Waals surface area contributed by atoms with Gasteiger partial charge in [-0.25, -0.2) is 9.07 Å². The van der Waals surface area contributed by atoms with Gasteiger partial charge in [0, 0.05) is 11.3 Å². The summed E-state index contributed by atoms with van der Waals surface area (Å²) < 4.78 is 20.6. The standard InChI is InChI=1S/C19H18FN5O2/c20-16-6-1-2-7-17(16)27-11-10-18(26)21-14-5-3-4-13(12-14)19-22-23-24-25(19)15-8-9-15/h1-7,12,15H,8-11H2,(H,21,26). The minimum atomic E-state index is -0.445. The van der Waals surface area contributed by atoms with Crippen LogP contribution in [0, 0.1) is 5.82 Å². The number of hydrogen-bond donors (Lipinski definition) is 1. The molecule has 0 bridgehead atoms. The molecule has 1 fully saturated rings. The summed E-state index contributed by atoms with van der Waals surface area (Å²) in [7, 11) is 0. The van der Waals surface area contributed by atoms with E-state index in [4.69, 9.17) is 4.74 Å². The van der Waals surface area contributed by atoms with Crippen LogP contribution in [0.5, 0.6) is 5.75 Å². The first-order chi connectivity index (χ1) is 13.2. The smallest absolute Gasteiger partial charge is 0.227 e. The van der Waals surface area contributed by atoms with E-state index >= 15 is 0 Å². The highest BCUT2D eigenvalue weighted by atomic mass is 19.1. The van der Waals surface area contributed by atoms with Crippen LogP contribution in [-0.4, -0.2) is 32.7 Å². The van der Waals surface area contributed by atoms with E-state index in [1.807, 2.05) is 22.9 Å². The molecule has 1 amide bonds. The van der Waals surface area contributed by atoms with Crippen LogP contribution in [0.4, 0.5) is 10.1 Å². The second-order valence-electron chi connectivity index (χ2n) is 6.34. The number of carbonyl (C=O) groups is 1. The van der Waals surface area contributed by atoms with Gasteiger partial charge in [0.2, 0.25) is 5.91 Å². The van der Waals surface area contributed by atoms with Crippen LogP contribution < -0.4 is 10.1 Å². The molecule has 1 heterocycles. The molecule has 1 aromatic heterocycles. The molecular weight excluding hydrogens is 349 g/mol. The minimum Gasteiger partial charge on any atom is -0.490 e. The summed E-state index contributed by atoms with van der Waals surface area (Å²) in [5.74, 6) is 0.167. The van der Waals surface area contributed by atoms with Crippen LogP contribution in [0.25, 0.3) is 11.4 Å². The predicted octanol–water partition coefficient (Wildman–Crippen LogP) is 3.22. The molecule has 1 aliphatic rings. The van der Waals surface area contributed by atoms with Gasteiger partial charge in [0.1, 0.15) is 0 Å². The molecule has 0 spiro atoms. The lowest BCUT2D eigenvalue weighted by molar-refractivity contribution is -0.116. The van der Waals surface area contributed by atoms with Crippen molar-refractivity contribution in [2.45, 2.75) is 25.3 Å². The van der Waals surface area contributed by atoms with Crippen molar-refractivity contribution in [2.75, 3.05) is 11.9 Å². The van der Waals surface area contributed by atoms with Crippen LogP contribution >= 0.6 is 0 Å². The Kier molecular flexibility index (Phi) is 4.78. The summed E-state index contributed by atoms with van der Waals surface area (Å²) in [6.45, 7) is 0.0897. The van der Waals surface area contributed by atoms with Crippen molar-refractivity contribution in [1.29, 1.82) is 0 Å². The van der Waals surface area contributed by atoms with Gasteiger partial charge in [-0.2, -0.15) is 0 Å². The maximum atomic E-state index is 13.5. The molecule has 8 heteroatoms. The van der Waals surface area contributed by atoms with E-state index in [2.05, 4.69) is 20.8 Å². The summed E-state index contributed by atoms with van der Waals surface area (Å²) in [4.78, 5) is 12.1. The Morgan fingerprint density at radius 2 is 2.07 bits per heavy atom. The lowest BCUT2D eigenvalue weighted by Gasteiger charge is -2.09. The van der Waals surface area contributed by atoms with Gasteiger partial charge in [-0.1, -0.05) is 24.3 Å². The Morgan fingerprint density at radius 3 is 2.89 bits per heavy atom. The minimum absolute atomic E-state index is 0.0897. The van der Waals surface area contributed by atoms with Crippen LogP contribution in [0.3, 0.4) is 0 Å². The van der Waals surface area contributed by atoms with Gasteiger partial charge in [-0.05, 0) is 47.5 Å². The van der Waals surface area contributed by atoms with E-state index in [1.54, 1.807) is 18.2 Å². The first-order valence-corrected chi connectivity index (χ1v) is 8.76. The van der Waals surface area contributed by atoms with E-state index in [1.165, 1.54) is 12.1 Å². The fourth-order valence-electron chi connectivity index (χ4n) is 2.72. The first kappa shape index (κ1) is 17.1. The highest BCUT2D eigenvalue weighted by Gasteiger charge is 2.28. The highest BCUT2D eigenvalue weighted by molar-refractivity contribution is 5.91. The maximum Gasteiger partial charge on any atom is 0.227 e. The molecule has 1 saturated carbocycles. The number of tetrazole rings is 1. The van der Waals surface area contributed by atoms with Crippen LogP contribution in [0.2, 0.25) is 0 Å². The van der Waals surface area contributed by atoms with Gasteiger partial charge in [0.25, 0.3) is 0 Å². The van der Waals surface area contributed by atoms with E-state index in [9.17, 15) is 9.18 Å². The van der Waals surface area contributed by atoms with Gasteiger partial charge in [0.05, 0.1) is 19.1 Å². The molecule has 1 aliphatic carbocycles. The molecule has 0 aliphatic heterocycles. The van der Waals surface area contributed by atoms with Crippen LogP contribution in [0.1, 0.15) is 25.3 Å². The number of hydrogen-bond acceptors (Lipinski definition) is 5. The fourth-order valence-corrected chi connectivity index (χ4v) is 2.72. The second kappa shape index (κ2) is 7.53. The quantitative estimate of drug-likeness (QED) is 0.693. The third kappa shape index (κ3) is 4.11. The van der Waals surface area contributed by atoms with Crippen molar-refractivity contribution in [1.82, 2.24) is 20.2 Å². The summed E-state index contributed by atoms with van der Waals surface area (Å²) >= 11 is 0. The summed E-state index contributed by atoms with van der Waals surface area (Å²) in [6.07, 6.45) is 2.27. The molecule has 0 saturated heterocycles. The van der Waals surface area contributed by atoms with E-state index in [0.29, 0.717) is 17.6 Å². The predicted molar refractivity (Wildman–Crippen MR) is 96.7 cm³/mol. The Bertz CT molecular complexity index is 955. The lowest BCUT2D eigenvalue weighted by Crippen LogP contribution is -2.15. The molecule has 4 rings (SSSR count). The molecule has 27 heavy (non-hydrogen) atoms. The van der Waals surface area contributed by atoms with Gasteiger partial charge in [-0.3, -0.25) is 4.79 Å². The maximum absolute atomic E-state index is 13.5. The number of amides is 1. The normalized spacial score (nSPS) is 13.4. The van der Waals surface area contributed by atoms with E-state index in [-0.39, 0.29) is 24.7 Å². The third-order valence-electron chi connectivity index (χ3n) is 4.21. The first-order valence-electron chi connectivity index (χ1n) is 8.76. The van der Waals surface area contributed by atoms with Crippen molar-refractivity contribution in [3.05, 3.63) is 54.3 Å². The average molecular weight is 367 g/mol. The molecule has 3 aromatic rings. The van der Waals surface area contributed by atoms with Crippen LogP contribution in [-0.2, 0) is 4.79 Å². The zero-order valence-electron chi connectivity index (χ0n) is 14.5. The zero-order valence-corrected chi connectivity index (χ0v) is 14.5. The molecular formula is C19H18FN5O2. The van der Waals surface area contributed by atoms with Gasteiger partial charge >= 0.3 is 0 Å². The number of para-hydroxylation sites is 1. The topological polar surface area (TPSA) is 81.9 Å². The number of anilines is 1. The number of nitrogens with zero attached hydrogens (tertiary/aromatic N) is 4. The van der Waals surface area contributed by atoms with Crippen molar-refractivity contribution in [3.63, 3.8) is 0 Å². The molecule has 2 aromatic carbocycles. The van der Waals surface area contributed by atoms with Gasteiger partial charge < -0.3 is 10.1 Å². The molecule has 7 nitrogen and oxygen atoms in total. The Labute approximate surface area is 155 Å². The van der Waals surface area contributed by atoms with Crippen molar-refractivity contribution in [2.24, 2.45) is 0 Å². The Morgan fingerprint density at radius 1 is 1.22 bits per heavy atom. The molecule has 1 N–H and O–H groups in total. The monoisotopic (exact) mass is 367 g/mol. The SMILES string of the molecule is O=C(CCOc1ccccc1F)Nc1cccc(-c2nnnn2C2CC2)c1. The summed E-state index contributed by atoms with van der Waals surface area (Å²) in [5, 5.41) is 14.7. The van der Waals surface area contributed by atoms with Crippen molar-refractivity contribution < 1.29 is 13.9 Å². The largest absolute Gasteiger partial charge is 0.490 e. The zero-order chi connectivity index (χ0) is 18.6. The third-order valence-corrected chi connectivity index (χ3v) is 4.21. The molecule has 0 unspecified atom stereocenters. The lowest BCUT2D eigenvalue weighted by atomic mass is 10.2. The number of benzene rings is 2. The Hall–Kier alpha value is -3.29. The number of ether oxygens (including phenoxy) is 1. The number of nitrogens with one attached hydrogen (secondary N) is 1. The van der Waals surface area contributed by atoms with Gasteiger partial charge in [0.15, 0.2) is 17.4 Å². The molecule has 0 atom stereocenters. The van der Waals surface area contributed by atoms with Crippen molar-refractivity contribution >= 4 is 11.6 Å². The highest BCUT2D eigenvalue weighted by Crippen LogP contribution is 2.36. The fraction of sp³-hybridized carbons (Fsp3) is 0.263. The second-order valence-corrected chi connectivity index (χ2v) is 6.34. The number of aromatic nitrogens is 4. The molecule has 0 radical (unpaired) electrons. The summed E-state index contributed by atoms with van der Waals surface area (Å²) in [5.41, 5.74) is 1.49. The van der Waals surface area contributed by atoms with Gasteiger partial charge in [-0.15, -0.1) is 5.10 Å². The molecule has 138 valence electrons. The Balaban J connectivity index is 1.36. The van der Waals surface area contributed by atoms with E-state index in [0.717, 1.165) is 18.4 Å². The number of rotatable bonds is 7.